The Morgan fingerprint density at radius 2 is 1.08 bits per heavy atom. The van der Waals surface area contributed by atoms with Crippen molar-refractivity contribution in [2.24, 2.45) is 0 Å². The van der Waals surface area contributed by atoms with Crippen molar-refractivity contribution in [1.82, 2.24) is 11.5 Å². The molecule has 4 nitrogen and oxygen atoms in total. The van der Waals surface area contributed by atoms with Crippen LogP contribution in [-0.4, -0.2) is 11.8 Å². The molecule has 0 saturated carbocycles. The molecule has 12 heavy (non-hydrogen) atoms. The monoisotopic (exact) mass is 170 g/mol. The Bertz CT molecular complexity index is 139. The van der Waals surface area contributed by atoms with Gasteiger partial charge in [0, 0.05) is 12.8 Å². The Balaban J connectivity index is 3.01. The molecule has 0 aliphatic rings. The molecule has 0 aliphatic heterocycles. The summed E-state index contributed by atoms with van der Waals surface area (Å²) in [5.74, 6) is -1.04. The van der Waals surface area contributed by atoms with Crippen molar-refractivity contribution in [3.8, 4) is 0 Å². The van der Waals surface area contributed by atoms with Crippen molar-refractivity contribution in [2.45, 2.75) is 38.5 Å². The number of nitrogens with one attached hydrogen (secondary N) is 2. The van der Waals surface area contributed by atoms with Crippen molar-refractivity contribution in [1.29, 1.82) is 0 Å². The molecule has 0 atom stereocenters. The van der Waals surface area contributed by atoms with Crippen molar-refractivity contribution in [3.05, 3.63) is 0 Å². The zero-order chi connectivity index (χ0) is 9.40. The van der Waals surface area contributed by atoms with E-state index in [9.17, 15) is 9.59 Å². The van der Waals surface area contributed by atoms with Crippen LogP contribution in [-0.2, 0) is 9.59 Å². The number of unbranched alkanes of at least 4 members (excludes halogenated alkanes) is 3. The molecular formula is C8H14N2O2. The van der Waals surface area contributed by atoms with Gasteiger partial charge in [-0.25, -0.2) is 0 Å². The predicted octanol–water partition coefficient (Wildman–Crippen LogP) is 0.946. The lowest BCUT2D eigenvalue weighted by molar-refractivity contribution is -0.119. The van der Waals surface area contributed by atoms with Gasteiger partial charge in [0.05, 0.1) is 0 Å². The Morgan fingerprint density at radius 1 is 0.750 bits per heavy atom. The van der Waals surface area contributed by atoms with Crippen molar-refractivity contribution in [2.75, 3.05) is 0 Å². The van der Waals surface area contributed by atoms with Gasteiger partial charge in [-0.2, -0.15) is 0 Å². The van der Waals surface area contributed by atoms with Crippen molar-refractivity contribution < 1.29 is 9.59 Å². The second-order valence-electron chi connectivity index (χ2n) is 2.76. The third kappa shape index (κ3) is 8.94. The molecule has 0 saturated heterocycles. The average molecular weight is 170 g/mol. The molecule has 4 heteroatoms. The number of carbonyl (C=O) groups is 2. The Hall–Kier alpha value is -1.06. The van der Waals surface area contributed by atoms with E-state index in [0.29, 0.717) is 12.8 Å². The number of amides is 2. The van der Waals surface area contributed by atoms with Gasteiger partial charge in [0.1, 0.15) is 0 Å². The fourth-order valence-corrected chi connectivity index (χ4v) is 0.925. The molecule has 0 aromatic carbocycles. The maximum atomic E-state index is 10.2. The van der Waals surface area contributed by atoms with Crippen LogP contribution in [0.2, 0.25) is 0 Å². The molecule has 0 unspecified atom stereocenters. The van der Waals surface area contributed by atoms with Gasteiger partial charge in [0.2, 0.25) is 11.8 Å². The summed E-state index contributed by atoms with van der Waals surface area (Å²) in [5.41, 5.74) is 13.2. The highest BCUT2D eigenvalue weighted by atomic mass is 16.1. The van der Waals surface area contributed by atoms with E-state index in [1.807, 2.05) is 0 Å². The fourth-order valence-electron chi connectivity index (χ4n) is 0.925. The van der Waals surface area contributed by atoms with E-state index in [1.165, 1.54) is 0 Å². The number of hydrogen-bond donors (Lipinski definition) is 0. The van der Waals surface area contributed by atoms with E-state index >= 15 is 0 Å². The smallest absolute Gasteiger partial charge is 0.238 e. The zero-order valence-corrected chi connectivity index (χ0v) is 7.06. The molecule has 0 aromatic heterocycles. The van der Waals surface area contributed by atoms with E-state index < -0.39 is 11.8 Å². The van der Waals surface area contributed by atoms with Crippen LogP contribution in [0.4, 0.5) is 0 Å². The third-order valence-corrected chi connectivity index (χ3v) is 1.56. The van der Waals surface area contributed by atoms with Gasteiger partial charge < -0.3 is 0 Å². The molecule has 2 N–H and O–H groups in total. The van der Waals surface area contributed by atoms with Crippen LogP contribution in [0.3, 0.4) is 0 Å². The first-order valence-corrected chi connectivity index (χ1v) is 4.12. The predicted molar refractivity (Wildman–Crippen MR) is 43.9 cm³/mol. The van der Waals surface area contributed by atoms with E-state index in [0.717, 1.165) is 25.7 Å². The van der Waals surface area contributed by atoms with Crippen LogP contribution < -0.4 is 11.5 Å². The molecule has 0 bridgehead atoms. The van der Waals surface area contributed by atoms with Crippen LogP contribution in [0.1, 0.15) is 38.5 Å². The third-order valence-electron chi connectivity index (χ3n) is 1.56. The molecule has 0 fully saturated rings. The van der Waals surface area contributed by atoms with Gasteiger partial charge in [0.15, 0.2) is 0 Å². The maximum Gasteiger partial charge on any atom is 0.238 e. The minimum Gasteiger partial charge on any atom is -0.273 e. The summed E-state index contributed by atoms with van der Waals surface area (Å²) in [6.45, 7) is 0. The van der Waals surface area contributed by atoms with Gasteiger partial charge in [0.25, 0.3) is 0 Å². The molecule has 0 spiro atoms. The molecule has 0 aromatic rings. The Morgan fingerprint density at radius 3 is 1.33 bits per heavy atom. The maximum absolute atomic E-state index is 10.2. The van der Waals surface area contributed by atoms with Crippen LogP contribution in [0.5, 0.6) is 0 Å². The molecule has 2 amide bonds. The second kappa shape index (κ2) is 6.64. The second-order valence-corrected chi connectivity index (χ2v) is 2.76. The lowest BCUT2D eigenvalue weighted by Crippen LogP contribution is -1.98. The topological polar surface area (TPSA) is 81.7 Å². The highest BCUT2D eigenvalue weighted by Gasteiger charge is 1.97. The van der Waals surface area contributed by atoms with Crippen LogP contribution >= 0.6 is 0 Å². The molecule has 0 rings (SSSR count). The van der Waals surface area contributed by atoms with E-state index in [4.69, 9.17) is 11.5 Å². The Labute approximate surface area is 72.3 Å². The highest BCUT2D eigenvalue weighted by molar-refractivity contribution is 5.73. The van der Waals surface area contributed by atoms with Crippen molar-refractivity contribution >= 4 is 11.8 Å². The summed E-state index contributed by atoms with van der Waals surface area (Å²) in [4.78, 5) is 20.3. The first-order chi connectivity index (χ1) is 5.63. The van der Waals surface area contributed by atoms with Crippen LogP contribution in [0.15, 0.2) is 0 Å². The van der Waals surface area contributed by atoms with Gasteiger partial charge in [-0.05, 0) is 12.8 Å². The average Bonchev–Trinajstić information content (AvgIpc) is 1.95. The van der Waals surface area contributed by atoms with E-state index in [2.05, 4.69) is 0 Å². The molecule has 0 heterocycles. The summed E-state index contributed by atoms with van der Waals surface area (Å²) < 4.78 is 0. The van der Waals surface area contributed by atoms with Gasteiger partial charge in [-0.1, -0.05) is 12.8 Å². The van der Waals surface area contributed by atoms with Crippen LogP contribution in [0.25, 0.3) is 0 Å². The summed E-state index contributed by atoms with van der Waals surface area (Å²) in [5, 5.41) is 0. The first kappa shape index (κ1) is 10.9. The van der Waals surface area contributed by atoms with E-state index in [-0.39, 0.29) is 0 Å². The van der Waals surface area contributed by atoms with Crippen molar-refractivity contribution in [3.63, 3.8) is 0 Å². The standard InChI is InChI=1S/C8H14N2O2/c9-7(11)5-3-1-2-4-6-8(10)12/h9-10H,1-6H2. The fraction of sp³-hybridized carbons (Fsp3) is 0.750. The lowest BCUT2D eigenvalue weighted by atomic mass is 10.1. The van der Waals surface area contributed by atoms with Crippen LogP contribution in [0, 0.1) is 0 Å². The first-order valence-electron chi connectivity index (χ1n) is 4.12. The SMILES string of the molecule is [NH]C(=O)CCCCCCC([NH])=O. The molecule has 0 aliphatic carbocycles. The summed E-state index contributed by atoms with van der Waals surface area (Å²) in [6.07, 6.45) is 3.84. The molecule has 68 valence electrons. The quantitative estimate of drug-likeness (QED) is 0.533. The molecule has 2 radical (unpaired) electrons. The highest BCUT2D eigenvalue weighted by Crippen LogP contribution is 2.04. The summed E-state index contributed by atoms with van der Waals surface area (Å²) in [7, 11) is 0. The minimum atomic E-state index is -0.522. The summed E-state index contributed by atoms with van der Waals surface area (Å²) >= 11 is 0. The number of carbonyl (C=O) groups excluding carboxylic acids is 2. The summed E-state index contributed by atoms with van der Waals surface area (Å²) in [6, 6.07) is 0. The molecular weight excluding hydrogens is 156 g/mol. The van der Waals surface area contributed by atoms with E-state index in [1.54, 1.807) is 0 Å². The number of hydrogen-bond acceptors (Lipinski definition) is 2. The van der Waals surface area contributed by atoms with Gasteiger partial charge >= 0.3 is 0 Å². The lowest BCUT2D eigenvalue weighted by Gasteiger charge is -1.96. The largest absolute Gasteiger partial charge is 0.273 e. The van der Waals surface area contributed by atoms with Gasteiger partial charge in [-0.15, -0.1) is 0 Å². The zero-order valence-electron chi connectivity index (χ0n) is 7.06. The van der Waals surface area contributed by atoms with Gasteiger partial charge in [-0.3, -0.25) is 21.1 Å². The minimum absolute atomic E-state index is 0.314. The number of rotatable bonds is 7. The Kier molecular flexibility index (Phi) is 6.05. The normalized spacial score (nSPS) is 9.67.